The van der Waals surface area contributed by atoms with E-state index in [2.05, 4.69) is 13.8 Å². The van der Waals surface area contributed by atoms with E-state index in [0.717, 1.165) is 38.5 Å². The summed E-state index contributed by atoms with van der Waals surface area (Å²) in [5, 5.41) is 18.3. The molecule has 0 radical (unpaired) electrons. The molecule has 0 rings (SSSR count). The Balaban J connectivity index is 4.11. The molecule has 0 aliphatic carbocycles. The van der Waals surface area contributed by atoms with Crippen LogP contribution in [-0.4, -0.2) is 65.7 Å². The van der Waals surface area contributed by atoms with Crippen LogP contribution >= 0.6 is 7.82 Å². The first-order chi connectivity index (χ1) is 27.7. The number of phosphoric ester groups is 1. The highest BCUT2D eigenvalue weighted by Gasteiger charge is 2.27. The Morgan fingerprint density at radius 2 is 0.754 bits per heavy atom. The van der Waals surface area contributed by atoms with Crippen LogP contribution in [0.2, 0.25) is 0 Å². The number of hydrogen-bond acceptors (Lipinski definition) is 9. The van der Waals surface area contributed by atoms with Gasteiger partial charge in [-0.1, -0.05) is 219 Å². The number of phosphoric acid groups is 1. The van der Waals surface area contributed by atoms with Crippen LogP contribution in [0.25, 0.3) is 0 Å². The monoisotopic (exact) mass is 835 g/mol. The lowest BCUT2D eigenvalue weighted by atomic mass is 10.0. The van der Waals surface area contributed by atoms with E-state index in [4.69, 9.17) is 23.6 Å². The van der Waals surface area contributed by atoms with Gasteiger partial charge in [-0.15, -0.1) is 0 Å². The molecule has 0 aliphatic heterocycles. The SMILES string of the molecule is CCCCCCCCCCCCCCCCCCCCCCCCC(=O)O[C@H](COC(=O)CCCCCCCCCCCCCC)COP(=O)(O)OC[C@@H](O)CO. The number of aliphatic hydroxyl groups excluding tert-OH is 2. The second-order valence-electron chi connectivity index (χ2n) is 16.5. The molecule has 0 aromatic rings. The Bertz CT molecular complexity index is 920. The third kappa shape index (κ3) is 42.9. The van der Waals surface area contributed by atoms with E-state index in [0.29, 0.717) is 12.8 Å². The topological polar surface area (TPSA) is 149 Å². The van der Waals surface area contributed by atoms with E-state index < -0.39 is 51.8 Å². The summed E-state index contributed by atoms with van der Waals surface area (Å²) in [7, 11) is -4.61. The average Bonchev–Trinajstić information content (AvgIpc) is 3.20. The van der Waals surface area contributed by atoms with Crippen LogP contribution in [0.15, 0.2) is 0 Å². The Labute approximate surface area is 350 Å². The van der Waals surface area contributed by atoms with Crippen molar-refractivity contribution in [2.45, 2.75) is 257 Å². The van der Waals surface area contributed by atoms with Gasteiger partial charge in [-0.2, -0.15) is 0 Å². The number of carbonyl (C=O) groups excluding carboxylic acids is 2. The number of rotatable bonds is 46. The van der Waals surface area contributed by atoms with Crippen molar-refractivity contribution in [2.75, 3.05) is 26.4 Å². The first-order valence-corrected chi connectivity index (χ1v) is 25.5. The van der Waals surface area contributed by atoms with Crippen LogP contribution in [0.5, 0.6) is 0 Å². The molecule has 0 fully saturated rings. The maximum atomic E-state index is 12.6. The van der Waals surface area contributed by atoms with Crippen LogP contribution in [0.4, 0.5) is 0 Å². The van der Waals surface area contributed by atoms with Crippen molar-refractivity contribution < 1.29 is 47.8 Å². The average molecular weight is 835 g/mol. The molecule has 57 heavy (non-hydrogen) atoms. The molecule has 0 aromatic heterocycles. The molecule has 1 unspecified atom stereocenters. The van der Waals surface area contributed by atoms with Gasteiger partial charge in [0.05, 0.1) is 19.8 Å². The van der Waals surface area contributed by atoms with E-state index >= 15 is 0 Å². The number of aliphatic hydroxyl groups is 2. The van der Waals surface area contributed by atoms with Crippen LogP contribution < -0.4 is 0 Å². The highest BCUT2D eigenvalue weighted by Crippen LogP contribution is 2.43. The highest BCUT2D eigenvalue weighted by molar-refractivity contribution is 7.47. The second-order valence-corrected chi connectivity index (χ2v) is 18.0. The summed E-state index contributed by atoms with van der Waals surface area (Å²) in [4.78, 5) is 35.0. The fourth-order valence-corrected chi connectivity index (χ4v) is 7.84. The fourth-order valence-electron chi connectivity index (χ4n) is 7.05. The van der Waals surface area contributed by atoms with E-state index in [1.165, 1.54) is 167 Å². The molecule has 0 aliphatic rings. The molecule has 3 N–H and O–H groups in total. The molecule has 0 saturated heterocycles. The van der Waals surface area contributed by atoms with Gasteiger partial charge < -0.3 is 24.6 Å². The third-order valence-corrected chi connectivity index (χ3v) is 11.7. The van der Waals surface area contributed by atoms with Crippen molar-refractivity contribution in [1.82, 2.24) is 0 Å². The van der Waals surface area contributed by atoms with Gasteiger partial charge in [-0.25, -0.2) is 4.57 Å². The maximum Gasteiger partial charge on any atom is 0.472 e. The van der Waals surface area contributed by atoms with Crippen LogP contribution in [0, 0.1) is 0 Å². The van der Waals surface area contributed by atoms with Gasteiger partial charge in [0.15, 0.2) is 6.10 Å². The summed E-state index contributed by atoms with van der Waals surface area (Å²) >= 11 is 0. The standard InChI is InChI=1S/C46H91O10P/c1-3-5-7-9-11-13-15-17-18-19-20-21-22-23-24-25-26-28-30-32-34-36-38-46(50)56-44(42-55-57(51,52)54-40-43(48)39-47)41-53-45(49)37-35-33-31-29-27-16-14-12-10-8-6-4-2/h43-44,47-48H,3-42H2,1-2H3,(H,51,52)/t43-,44+/m0/s1. The number of ether oxygens (including phenoxy) is 2. The van der Waals surface area contributed by atoms with Gasteiger partial charge in [-0.3, -0.25) is 18.6 Å². The van der Waals surface area contributed by atoms with Crippen molar-refractivity contribution in [3.05, 3.63) is 0 Å². The first kappa shape index (κ1) is 56.0. The molecule has 10 nitrogen and oxygen atoms in total. The predicted octanol–water partition coefficient (Wildman–Crippen LogP) is 13.0. The molecule has 0 heterocycles. The maximum absolute atomic E-state index is 12.6. The summed E-state index contributed by atoms with van der Waals surface area (Å²) in [5.74, 6) is -0.907. The van der Waals surface area contributed by atoms with Crippen LogP contribution in [0.3, 0.4) is 0 Å². The molecule has 0 aromatic carbocycles. The van der Waals surface area contributed by atoms with Crippen LogP contribution in [-0.2, 0) is 32.7 Å². The molecule has 340 valence electrons. The quantitative estimate of drug-likeness (QED) is 0.0307. The summed E-state index contributed by atoms with van der Waals surface area (Å²) in [5.41, 5.74) is 0. The van der Waals surface area contributed by atoms with Gasteiger partial charge in [0.1, 0.15) is 12.7 Å². The molecule has 0 bridgehead atoms. The largest absolute Gasteiger partial charge is 0.472 e. The lowest BCUT2D eigenvalue weighted by Gasteiger charge is -2.20. The zero-order chi connectivity index (χ0) is 41.9. The van der Waals surface area contributed by atoms with Gasteiger partial charge in [0.2, 0.25) is 0 Å². The van der Waals surface area contributed by atoms with E-state index in [1.54, 1.807) is 0 Å². The molecular weight excluding hydrogens is 743 g/mol. The zero-order valence-electron chi connectivity index (χ0n) is 37.1. The molecule has 11 heteroatoms. The fraction of sp³-hybridized carbons (Fsp3) is 0.957. The Kier molecular flexibility index (Phi) is 42.3. The van der Waals surface area contributed by atoms with Crippen molar-refractivity contribution in [1.29, 1.82) is 0 Å². The zero-order valence-corrected chi connectivity index (χ0v) is 38.0. The Morgan fingerprint density at radius 3 is 1.09 bits per heavy atom. The van der Waals surface area contributed by atoms with Gasteiger partial charge in [0, 0.05) is 12.8 Å². The molecule has 0 amide bonds. The summed E-state index contributed by atoms with van der Waals surface area (Å²) in [6.45, 7) is 2.43. The Hall–Kier alpha value is -1.03. The predicted molar refractivity (Wildman–Crippen MR) is 233 cm³/mol. The molecule has 0 saturated carbocycles. The lowest BCUT2D eigenvalue weighted by molar-refractivity contribution is -0.161. The van der Waals surface area contributed by atoms with E-state index in [9.17, 15) is 24.2 Å². The number of esters is 2. The Morgan fingerprint density at radius 1 is 0.456 bits per heavy atom. The summed E-state index contributed by atoms with van der Waals surface area (Å²) in [6, 6.07) is 0. The third-order valence-electron chi connectivity index (χ3n) is 10.8. The lowest BCUT2D eigenvalue weighted by Crippen LogP contribution is -2.29. The number of hydrogen-bond donors (Lipinski definition) is 3. The number of carbonyl (C=O) groups is 2. The minimum Gasteiger partial charge on any atom is -0.462 e. The van der Waals surface area contributed by atoms with E-state index in [-0.39, 0.29) is 19.4 Å². The van der Waals surface area contributed by atoms with Crippen molar-refractivity contribution in [3.8, 4) is 0 Å². The molecule has 3 atom stereocenters. The second kappa shape index (κ2) is 43.1. The van der Waals surface area contributed by atoms with Crippen molar-refractivity contribution in [2.24, 2.45) is 0 Å². The minimum atomic E-state index is -4.61. The minimum absolute atomic E-state index is 0.193. The van der Waals surface area contributed by atoms with Gasteiger partial charge in [-0.05, 0) is 12.8 Å². The van der Waals surface area contributed by atoms with Crippen LogP contribution in [0.1, 0.15) is 245 Å². The molecular formula is C46H91O10P. The summed E-state index contributed by atoms with van der Waals surface area (Å²) in [6.07, 6.45) is 40.7. The van der Waals surface area contributed by atoms with E-state index in [1.807, 2.05) is 0 Å². The smallest absolute Gasteiger partial charge is 0.462 e. The van der Waals surface area contributed by atoms with Crippen molar-refractivity contribution >= 4 is 19.8 Å². The first-order valence-electron chi connectivity index (χ1n) is 24.0. The normalized spacial score (nSPS) is 13.7. The van der Waals surface area contributed by atoms with Crippen molar-refractivity contribution in [3.63, 3.8) is 0 Å². The summed E-state index contributed by atoms with van der Waals surface area (Å²) < 4.78 is 32.8. The van der Waals surface area contributed by atoms with Gasteiger partial charge >= 0.3 is 19.8 Å². The highest BCUT2D eigenvalue weighted by atomic mass is 31.2. The number of unbranched alkanes of at least 4 members (excludes halogenated alkanes) is 32. The van der Waals surface area contributed by atoms with Gasteiger partial charge in [0.25, 0.3) is 0 Å². The molecule has 0 spiro atoms.